The van der Waals surface area contributed by atoms with Crippen LogP contribution in [0.5, 0.6) is 11.5 Å². The van der Waals surface area contributed by atoms with Gasteiger partial charge in [-0.05, 0) is 12.1 Å². The molecule has 0 atom stereocenters. The number of carbonyl (C=O) groups excluding carboxylic acids is 2. The Hall–Kier alpha value is -3.15. The standard InChI is InChI=1S/C17H14N2O4/c18-17(19)12-4-2-1-3-11(12)14(21)8-7-13(20)10-5-6-15(22)16(23)9-10/h1-6,9H,7-8H2,(H3,18,19). The van der Waals surface area contributed by atoms with Crippen LogP contribution < -0.4 is 5.73 Å². The highest BCUT2D eigenvalue weighted by Gasteiger charge is 2.16. The predicted molar refractivity (Wildman–Crippen MR) is 82.1 cm³/mol. The minimum absolute atomic E-state index is 0.0730. The van der Waals surface area contributed by atoms with E-state index >= 15 is 0 Å². The fourth-order valence-corrected chi connectivity index (χ4v) is 2.15. The molecule has 3 N–H and O–H groups in total. The van der Waals surface area contributed by atoms with E-state index in [1.54, 1.807) is 24.3 Å². The van der Waals surface area contributed by atoms with Crippen LogP contribution in [0.2, 0.25) is 0 Å². The summed E-state index contributed by atoms with van der Waals surface area (Å²) in [7, 11) is 0. The van der Waals surface area contributed by atoms with Gasteiger partial charge in [-0.2, -0.15) is 0 Å². The van der Waals surface area contributed by atoms with Gasteiger partial charge in [-0.15, -0.1) is 0 Å². The quantitative estimate of drug-likeness (QED) is 0.484. The van der Waals surface area contributed by atoms with E-state index in [4.69, 9.17) is 11.1 Å². The lowest BCUT2D eigenvalue weighted by atomic mass is 9.97. The second-order valence-corrected chi connectivity index (χ2v) is 4.97. The van der Waals surface area contributed by atoms with Crippen molar-refractivity contribution in [2.45, 2.75) is 12.8 Å². The highest BCUT2D eigenvalue weighted by molar-refractivity contribution is 6.09. The van der Waals surface area contributed by atoms with Crippen LogP contribution in [-0.2, 0) is 10.2 Å². The maximum Gasteiger partial charge on any atom is 0.226 e. The average molecular weight is 310 g/mol. The van der Waals surface area contributed by atoms with E-state index in [2.05, 4.69) is 0 Å². The fourth-order valence-electron chi connectivity index (χ4n) is 2.15. The number of nitrogens with one attached hydrogen (secondary N) is 1. The first kappa shape index (κ1) is 16.2. The van der Waals surface area contributed by atoms with Gasteiger partial charge < -0.3 is 5.73 Å². The molecule has 0 fully saturated rings. The van der Waals surface area contributed by atoms with E-state index in [1.165, 1.54) is 6.07 Å². The Morgan fingerprint density at radius 3 is 2.09 bits per heavy atom. The van der Waals surface area contributed by atoms with E-state index < -0.39 is 17.3 Å². The smallest absolute Gasteiger partial charge is 0.226 e. The van der Waals surface area contributed by atoms with E-state index in [0.717, 1.165) is 12.1 Å². The molecular formula is C17H14N2O4. The van der Waals surface area contributed by atoms with Crippen LogP contribution in [0.4, 0.5) is 0 Å². The molecule has 2 aromatic rings. The molecular weight excluding hydrogens is 296 g/mol. The molecule has 0 aliphatic heterocycles. The largest absolute Gasteiger partial charge is 0.384 e. The molecule has 0 heterocycles. The van der Waals surface area contributed by atoms with E-state index in [1.807, 2.05) is 0 Å². The number of nitrogen functional groups attached to an aromatic ring is 1. The van der Waals surface area contributed by atoms with Crippen LogP contribution in [-0.4, -0.2) is 17.4 Å². The molecule has 0 bridgehead atoms. The van der Waals surface area contributed by atoms with E-state index in [-0.39, 0.29) is 35.6 Å². The SMILES string of the molecule is N=C(N)c1ccccc1C(=O)CCC(=O)c1ccc([O])c([O])c1. The Morgan fingerprint density at radius 2 is 1.48 bits per heavy atom. The van der Waals surface area contributed by atoms with Crippen molar-refractivity contribution in [2.75, 3.05) is 0 Å². The van der Waals surface area contributed by atoms with Gasteiger partial charge in [0.15, 0.2) is 11.6 Å². The number of carbonyl (C=O) groups is 2. The lowest BCUT2D eigenvalue weighted by Crippen LogP contribution is -2.16. The van der Waals surface area contributed by atoms with Crippen LogP contribution in [0.25, 0.3) is 0 Å². The molecule has 0 saturated heterocycles. The first-order valence-corrected chi connectivity index (χ1v) is 6.88. The molecule has 2 aromatic carbocycles. The Kier molecular flexibility index (Phi) is 4.75. The summed E-state index contributed by atoms with van der Waals surface area (Å²) in [5, 5.41) is 29.7. The van der Waals surface area contributed by atoms with Crippen LogP contribution in [0, 0.1) is 5.41 Å². The minimum atomic E-state index is -0.746. The second kappa shape index (κ2) is 6.74. The van der Waals surface area contributed by atoms with Gasteiger partial charge in [0.05, 0.1) is 0 Å². The summed E-state index contributed by atoms with van der Waals surface area (Å²) in [4.78, 5) is 24.2. The van der Waals surface area contributed by atoms with Gasteiger partial charge in [-0.3, -0.25) is 25.2 Å². The van der Waals surface area contributed by atoms with Crippen LogP contribution >= 0.6 is 0 Å². The summed E-state index contributed by atoms with van der Waals surface area (Å²) in [6.45, 7) is 0. The third kappa shape index (κ3) is 3.74. The van der Waals surface area contributed by atoms with Gasteiger partial charge in [0.2, 0.25) is 11.5 Å². The van der Waals surface area contributed by atoms with Gasteiger partial charge >= 0.3 is 0 Å². The van der Waals surface area contributed by atoms with Crippen LogP contribution in [0.3, 0.4) is 0 Å². The molecule has 6 heteroatoms. The molecule has 23 heavy (non-hydrogen) atoms. The molecule has 0 unspecified atom stereocenters. The van der Waals surface area contributed by atoms with Gasteiger partial charge in [0.25, 0.3) is 0 Å². The first-order chi connectivity index (χ1) is 10.9. The zero-order valence-corrected chi connectivity index (χ0v) is 12.2. The third-order valence-corrected chi connectivity index (χ3v) is 3.36. The summed E-state index contributed by atoms with van der Waals surface area (Å²) in [5.74, 6) is -2.35. The van der Waals surface area contributed by atoms with Crippen molar-refractivity contribution in [3.8, 4) is 11.5 Å². The fraction of sp³-hybridized carbons (Fsp3) is 0.118. The Bertz CT molecular complexity index is 784. The number of nitrogens with two attached hydrogens (primary N) is 1. The second-order valence-electron chi connectivity index (χ2n) is 4.97. The van der Waals surface area contributed by atoms with Crippen molar-refractivity contribution >= 4 is 17.4 Å². The number of Topliss-reactive ketones (excluding diaryl/α,β-unsaturated/α-hetero) is 2. The maximum atomic E-state index is 12.2. The van der Waals surface area contributed by atoms with Gasteiger partial charge in [0.1, 0.15) is 5.84 Å². The summed E-state index contributed by atoms with van der Waals surface area (Å²) in [6, 6.07) is 9.73. The zero-order valence-electron chi connectivity index (χ0n) is 12.2. The molecule has 0 spiro atoms. The van der Waals surface area contributed by atoms with Crippen molar-refractivity contribution in [1.29, 1.82) is 5.41 Å². The van der Waals surface area contributed by atoms with Gasteiger partial charge in [-0.1, -0.05) is 24.3 Å². The lowest BCUT2D eigenvalue weighted by molar-refractivity contribution is 0.0917. The highest BCUT2D eigenvalue weighted by atomic mass is 16.3. The summed E-state index contributed by atoms with van der Waals surface area (Å²) in [5.41, 5.74) is 6.15. The number of amidine groups is 1. The van der Waals surface area contributed by atoms with Crippen molar-refractivity contribution in [2.24, 2.45) is 5.73 Å². The number of rotatable bonds is 6. The molecule has 0 amide bonds. The third-order valence-electron chi connectivity index (χ3n) is 3.36. The monoisotopic (exact) mass is 310 g/mol. The van der Waals surface area contributed by atoms with Crippen molar-refractivity contribution in [3.63, 3.8) is 0 Å². The lowest BCUT2D eigenvalue weighted by Gasteiger charge is -2.07. The molecule has 0 saturated carbocycles. The van der Waals surface area contributed by atoms with Crippen LogP contribution in [0.1, 0.15) is 39.1 Å². The molecule has 116 valence electrons. The average Bonchev–Trinajstić information content (AvgIpc) is 2.54. The maximum absolute atomic E-state index is 12.2. The van der Waals surface area contributed by atoms with Crippen molar-refractivity contribution in [3.05, 3.63) is 59.2 Å². The number of hydrogen-bond donors (Lipinski definition) is 2. The highest BCUT2D eigenvalue weighted by Crippen LogP contribution is 2.27. The first-order valence-electron chi connectivity index (χ1n) is 6.88. The molecule has 2 rings (SSSR count). The number of ketones is 2. The summed E-state index contributed by atoms with van der Waals surface area (Å²) in [6.07, 6.45) is -0.168. The van der Waals surface area contributed by atoms with Gasteiger partial charge in [0, 0.05) is 35.6 Å². The number of hydrogen-bond acceptors (Lipinski definition) is 3. The normalized spacial score (nSPS) is 10.3. The minimum Gasteiger partial charge on any atom is -0.384 e. The zero-order chi connectivity index (χ0) is 17.0. The topological polar surface area (TPSA) is 124 Å². The van der Waals surface area contributed by atoms with E-state index in [9.17, 15) is 19.8 Å². The van der Waals surface area contributed by atoms with Gasteiger partial charge in [-0.25, -0.2) is 0 Å². The summed E-state index contributed by atoms with van der Waals surface area (Å²) >= 11 is 0. The molecule has 0 aromatic heterocycles. The number of benzene rings is 2. The molecule has 0 aliphatic carbocycles. The van der Waals surface area contributed by atoms with Crippen LogP contribution in [0.15, 0.2) is 42.5 Å². The molecule has 0 aliphatic rings. The predicted octanol–water partition coefficient (Wildman–Crippen LogP) is 3.10. The van der Waals surface area contributed by atoms with Crippen molar-refractivity contribution < 1.29 is 19.8 Å². The molecule has 6 nitrogen and oxygen atoms in total. The Labute approximate surface area is 132 Å². The Morgan fingerprint density at radius 1 is 0.870 bits per heavy atom. The van der Waals surface area contributed by atoms with Crippen molar-refractivity contribution in [1.82, 2.24) is 0 Å². The summed E-state index contributed by atoms with van der Waals surface area (Å²) < 4.78 is 0. The Balaban J connectivity index is 2.08. The molecule has 2 radical (unpaired) electrons. The van der Waals surface area contributed by atoms with E-state index in [0.29, 0.717) is 5.56 Å².